The number of aliphatic hydroxyl groups is 1. The van der Waals surface area contributed by atoms with Crippen molar-refractivity contribution in [3.05, 3.63) is 21.9 Å². The highest BCUT2D eigenvalue weighted by Crippen LogP contribution is 2.47. The zero-order valence-corrected chi connectivity index (χ0v) is 17.4. The van der Waals surface area contributed by atoms with Gasteiger partial charge in [-0.2, -0.15) is 0 Å². The number of piperidine rings is 1. The number of likely N-dealkylation sites (N-methyl/N-ethyl adjacent to an activating group) is 1. The Hall–Kier alpha value is -0.910. The van der Waals surface area contributed by atoms with E-state index in [1.165, 1.54) is 0 Å². The van der Waals surface area contributed by atoms with Crippen LogP contribution in [0.25, 0.3) is 0 Å². The Morgan fingerprint density at radius 2 is 1.88 bits per heavy atom. The third kappa shape index (κ3) is 4.32. The first-order valence-electron chi connectivity index (χ1n) is 10.1. The van der Waals surface area contributed by atoms with Gasteiger partial charge >= 0.3 is 0 Å². The predicted molar refractivity (Wildman–Crippen MR) is 108 cm³/mol. The summed E-state index contributed by atoms with van der Waals surface area (Å²) in [6.45, 7) is 7.77. The lowest BCUT2D eigenvalue weighted by Crippen LogP contribution is -2.50. The molecule has 4 nitrogen and oxygen atoms in total. The molecular formula is C21H34N2O2S. The van der Waals surface area contributed by atoms with E-state index in [1.54, 1.807) is 11.3 Å². The summed E-state index contributed by atoms with van der Waals surface area (Å²) in [6, 6.07) is 2.03. The number of thiophene rings is 1. The molecule has 1 saturated heterocycles. The van der Waals surface area contributed by atoms with E-state index < -0.39 is 5.60 Å². The fraction of sp³-hybridized carbons (Fsp3) is 0.762. The first-order valence-corrected chi connectivity index (χ1v) is 11.0. The van der Waals surface area contributed by atoms with E-state index in [1.807, 2.05) is 23.3 Å². The highest BCUT2D eigenvalue weighted by molar-refractivity contribution is 7.12. The highest BCUT2D eigenvalue weighted by Gasteiger charge is 2.44. The summed E-state index contributed by atoms with van der Waals surface area (Å²) in [5, 5.41) is 13.0. The van der Waals surface area contributed by atoms with E-state index in [4.69, 9.17) is 0 Å². The quantitative estimate of drug-likeness (QED) is 0.844. The van der Waals surface area contributed by atoms with Gasteiger partial charge in [0.05, 0.1) is 10.5 Å². The van der Waals surface area contributed by atoms with E-state index in [0.717, 1.165) is 81.6 Å². The van der Waals surface area contributed by atoms with Gasteiger partial charge in [-0.05, 0) is 87.9 Å². The van der Waals surface area contributed by atoms with Crippen molar-refractivity contribution >= 4 is 17.2 Å². The van der Waals surface area contributed by atoms with Crippen LogP contribution in [-0.4, -0.2) is 59.6 Å². The zero-order chi connectivity index (χ0) is 18.8. The summed E-state index contributed by atoms with van der Waals surface area (Å²) >= 11 is 1.56. The molecule has 146 valence electrons. The molecule has 0 aromatic carbocycles. The number of carbonyl (C=O) groups excluding carboxylic acids is 1. The Bertz CT molecular complexity index is 609. The summed E-state index contributed by atoms with van der Waals surface area (Å²) in [7, 11) is 2.11. The topological polar surface area (TPSA) is 43.8 Å². The molecule has 1 aromatic heterocycles. The fourth-order valence-corrected chi connectivity index (χ4v) is 5.68. The summed E-state index contributed by atoms with van der Waals surface area (Å²) in [5.41, 5.74) is 0.923. The Balaban J connectivity index is 1.52. The van der Waals surface area contributed by atoms with Gasteiger partial charge in [-0.25, -0.2) is 0 Å². The number of amides is 1. The maximum Gasteiger partial charge on any atom is 0.264 e. The zero-order valence-electron chi connectivity index (χ0n) is 16.6. The van der Waals surface area contributed by atoms with E-state index >= 15 is 0 Å². The van der Waals surface area contributed by atoms with Gasteiger partial charge in [0, 0.05) is 19.6 Å². The van der Waals surface area contributed by atoms with Gasteiger partial charge in [0.25, 0.3) is 5.91 Å². The van der Waals surface area contributed by atoms with Crippen molar-refractivity contribution in [3.8, 4) is 0 Å². The molecule has 0 radical (unpaired) electrons. The van der Waals surface area contributed by atoms with Crippen LogP contribution in [0, 0.1) is 12.3 Å². The van der Waals surface area contributed by atoms with Gasteiger partial charge in [0.1, 0.15) is 0 Å². The molecule has 2 heterocycles. The Morgan fingerprint density at radius 3 is 2.42 bits per heavy atom. The second-order valence-corrected chi connectivity index (χ2v) is 9.60. The predicted octanol–water partition coefficient (Wildman–Crippen LogP) is 3.93. The van der Waals surface area contributed by atoms with Crippen LogP contribution in [0.1, 0.15) is 67.1 Å². The van der Waals surface area contributed by atoms with Crippen LogP contribution in [0.3, 0.4) is 0 Å². The van der Waals surface area contributed by atoms with Gasteiger partial charge in [0.2, 0.25) is 0 Å². The molecule has 3 rings (SSSR count). The first kappa shape index (κ1) is 19.8. The Kier molecular flexibility index (Phi) is 6.10. The average Bonchev–Trinajstić information content (AvgIpc) is 3.04. The number of aryl methyl sites for hydroxylation is 1. The van der Waals surface area contributed by atoms with Crippen LogP contribution in [0.15, 0.2) is 11.4 Å². The van der Waals surface area contributed by atoms with Gasteiger partial charge in [0.15, 0.2) is 0 Å². The van der Waals surface area contributed by atoms with Gasteiger partial charge in [-0.1, -0.05) is 6.92 Å². The van der Waals surface area contributed by atoms with Crippen molar-refractivity contribution in [2.45, 2.75) is 64.4 Å². The monoisotopic (exact) mass is 378 g/mol. The number of hydrogen-bond donors (Lipinski definition) is 1. The lowest BCUT2D eigenvalue weighted by Gasteiger charge is -2.49. The molecule has 2 aliphatic rings. The smallest absolute Gasteiger partial charge is 0.264 e. The number of likely N-dealkylation sites (tertiary alicyclic amines) is 1. The van der Waals surface area contributed by atoms with Crippen molar-refractivity contribution in [2.24, 2.45) is 5.41 Å². The normalized spacial score (nSPS) is 22.1. The fourth-order valence-electron chi connectivity index (χ4n) is 4.79. The van der Waals surface area contributed by atoms with E-state index in [2.05, 4.69) is 18.9 Å². The maximum absolute atomic E-state index is 12.7. The van der Waals surface area contributed by atoms with Crippen molar-refractivity contribution in [1.82, 2.24) is 9.80 Å². The Labute approximate surface area is 162 Å². The SMILES string of the molecule is CCCN(C)CC1(O)CCC2(CCN(C(=O)c3sccc3C)CC2)CC1. The molecule has 0 bridgehead atoms. The first-order chi connectivity index (χ1) is 12.4. The number of carbonyl (C=O) groups is 1. The van der Waals surface area contributed by atoms with Crippen molar-refractivity contribution in [1.29, 1.82) is 0 Å². The van der Waals surface area contributed by atoms with Gasteiger partial charge in [-0.3, -0.25) is 4.79 Å². The number of rotatable bonds is 5. The van der Waals surface area contributed by atoms with E-state index in [0.29, 0.717) is 5.41 Å². The van der Waals surface area contributed by atoms with Gasteiger partial charge in [-0.15, -0.1) is 11.3 Å². The van der Waals surface area contributed by atoms with E-state index in [9.17, 15) is 9.90 Å². The lowest BCUT2D eigenvalue weighted by molar-refractivity contribution is -0.0643. The molecule has 1 aliphatic heterocycles. The van der Waals surface area contributed by atoms with Crippen LogP contribution < -0.4 is 0 Å². The second-order valence-electron chi connectivity index (χ2n) is 8.69. The molecule has 1 aromatic rings. The lowest BCUT2D eigenvalue weighted by atomic mass is 9.64. The average molecular weight is 379 g/mol. The minimum atomic E-state index is -0.518. The molecule has 5 heteroatoms. The molecule has 26 heavy (non-hydrogen) atoms. The van der Waals surface area contributed by atoms with Crippen molar-refractivity contribution < 1.29 is 9.90 Å². The molecule has 1 aliphatic carbocycles. The van der Waals surface area contributed by atoms with Crippen LogP contribution in [-0.2, 0) is 0 Å². The largest absolute Gasteiger partial charge is 0.389 e. The standard InChI is InChI=1S/C21H34N2O2S/c1-4-12-22(3)16-21(25)8-6-20(7-9-21)10-13-23(14-11-20)19(24)18-17(2)5-15-26-18/h5,15,25H,4,6-14,16H2,1-3H3. The number of hydrogen-bond acceptors (Lipinski definition) is 4. The molecule has 1 N–H and O–H groups in total. The van der Waals surface area contributed by atoms with Crippen LogP contribution in [0.5, 0.6) is 0 Å². The Morgan fingerprint density at radius 1 is 1.23 bits per heavy atom. The molecule has 0 atom stereocenters. The molecule has 2 fully saturated rings. The second kappa shape index (κ2) is 7.99. The van der Waals surface area contributed by atoms with E-state index in [-0.39, 0.29) is 5.91 Å². The molecule has 1 spiro atoms. The van der Waals surface area contributed by atoms with Crippen LogP contribution in [0.2, 0.25) is 0 Å². The summed E-state index contributed by atoms with van der Waals surface area (Å²) in [6.07, 6.45) is 7.31. The molecule has 1 amide bonds. The highest BCUT2D eigenvalue weighted by atomic mass is 32.1. The third-order valence-corrected chi connectivity index (χ3v) is 7.58. The number of nitrogens with zero attached hydrogens (tertiary/aromatic N) is 2. The molecule has 0 unspecified atom stereocenters. The summed E-state index contributed by atoms with van der Waals surface area (Å²) in [5.74, 6) is 0.209. The summed E-state index contributed by atoms with van der Waals surface area (Å²) < 4.78 is 0. The summed E-state index contributed by atoms with van der Waals surface area (Å²) in [4.78, 5) is 17.9. The third-order valence-electron chi connectivity index (χ3n) is 6.58. The minimum Gasteiger partial charge on any atom is -0.389 e. The van der Waals surface area contributed by atoms with Crippen LogP contribution in [0.4, 0.5) is 0 Å². The molecule has 1 saturated carbocycles. The van der Waals surface area contributed by atoms with Crippen LogP contribution >= 0.6 is 11.3 Å². The van der Waals surface area contributed by atoms with Crippen molar-refractivity contribution in [3.63, 3.8) is 0 Å². The maximum atomic E-state index is 12.7. The molecular weight excluding hydrogens is 344 g/mol. The van der Waals surface area contributed by atoms with Gasteiger partial charge < -0.3 is 14.9 Å². The van der Waals surface area contributed by atoms with Crippen molar-refractivity contribution in [2.75, 3.05) is 33.2 Å². The minimum absolute atomic E-state index is 0.209.